The van der Waals surface area contributed by atoms with Crippen LogP contribution in [0.15, 0.2) is 48.5 Å². The number of nitrogens with zero attached hydrogens (tertiary/aromatic N) is 1. The van der Waals surface area contributed by atoms with Crippen molar-refractivity contribution >= 4 is 18.0 Å². The number of rotatable bonds is 7. The first-order chi connectivity index (χ1) is 15.0. The second-order valence-corrected chi connectivity index (χ2v) is 7.71. The fourth-order valence-corrected chi connectivity index (χ4v) is 4.12. The van der Waals surface area contributed by atoms with E-state index in [9.17, 15) is 14.4 Å². The van der Waals surface area contributed by atoms with E-state index in [4.69, 9.17) is 14.6 Å². The Labute approximate surface area is 179 Å². The Kier molecular flexibility index (Phi) is 5.90. The first kappa shape index (κ1) is 20.9. The summed E-state index contributed by atoms with van der Waals surface area (Å²) in [5, 5.41) is 11.5. The van der Waals surface area contributed by atoms with Crippen molar-refractivity contribution in [3.8, 4) is 11.1 Å². The summed E-state index contributed by atoms with van der Waals surface area (Å²) in [5.74, 6) is -1.86. The van der Waals surface area contributed by atoms with Gasteiger partial charge in [-0.1, -0.05) is 48.5 Å². The molecule has 2 N–H and O–H groups in total. The molecule has 1 unspecified atom stereocenters. The number of carbonyl (C=O) groups is 3. The maximum atomic E-state index is 12.4. The molecule has 0 saturated carbocycles. The molecule has 1 fully saturated rings. The van der Waals surface area contributed by atoms with Crippen LogP contribution in [0.2, 0.25) is 0 Å². The lowest BCUT2D eigenvalue weighted by Gasteiger charge is -2.38. The predicted octanol–water partition coefficient (Wildman–Crippen LogP) is 2.08. The Balaban J connectivity index is 1.31. The molecule has 1 aliphatic carbocycles. The minimum Gasteiger partial charge on any atom is -0.481 e. The molecule has 2 aromatic rings. The Morgan fingerprint density at radius 3 is 2.19 bits per heavy atom. The van der Waals surface area contributed by atoms with Gasteiger partial charge in [-0.3, -0.25) is 9.59 Å². The van der Waals surface area contributed by atoms with Gasteiger partial charge in [-0.15, -0.1) is 0 Å². The van der Waals surface area contributed by atoms with Crippen molar-refractivity contribution in [1.29, 1.82) is 0 Å². The fourth-order valence-electron chi connectivity index (χ4n) is 4.12. The molecule has 8 nitrogen and oxygen atoms in total. The summed E-state index contributed by atoms with van der Waals surface area (Å²) in [6.07, 6.45) is -1.53. The summed E-state index contributed by atoms with van der Waals surface area (Å²) in [5.41, 5.74) is 4.53. The Morgan fingerprint density at radius 2 is 1.65 bits per heavy atom. The number of carbonyl (C=O) groups excluding carboxylic acids is 2. The summed E-state index contributed by atoms with van der Waals surface area (Å²) < 4.78 is 10.6. The number of carboxylic acid groups (broad SMARTS) is 1. The highest BCUT2D eigenvalue weighted by atomic mass is 16.5. The van der Waals surface area contributed by atoms with Gasteiger partial charge in [-0.25, -0.2) is 4.79 Å². The lowest BCUT2D eigenvalue weighted by molar-refractivity contribution is -0.157. The highest BCUT2D eigenvalue weighted by Crippen LogP contribution is 2.44. The maximum Gasteiger partial charge on any atom is 0.407 e. The van der Waals surface area contributed by atoms with Gasteiger partial charge in [0.05, 0.1) is 12.5 Å². The van der Waals surface area contributed by atoms with E-state index in [2.05, 4.69) is 17.4 Å². The van der Waals surface area contributed by atoms with Crippen LogP contribution in [0.5, 0.6) is 0 Å². The molecule has 1 saturated heterocycles. The van der Waals surface area contributed by atoms with Gasteiger partial charge < -0.3 is 24.8 Å². The third kappa shape index (κ3) is 4.11. The number of nitrogens with one attached hydrogen (secondary N) is 1. The number of likely N-dealkylation sites (tertiary alicyclic amines) is 1. The van der Waals surface area contributed by atoms with E-state index in [1.165, 1.54) is 12.0 Å². The van der Waals surface area contributed by atoms with Gasteiger partial charge in [-0.2, -0.15) is 0 Å². The van der Waals surface area contributed by atoms with Crippen LogP contribution in [0.4, 0.5) is 4.79 Å². The van der Waals surface area contributed by atoms with Gasteiger partial charge in [0, 0.05) is 26.1 Å². The number of fused-ring (bicyclic) bond motifs is 3. The van der Waals surface area contributed by atoms with Crippen LogP contribution in [-0.4, -0.2) is 67.4 Å². The molecule has 31 heavy (non-hydrogen) atoms. The average Bonchev–Trinajstić information content (AvgIpc) is 3.05. The first-order valence-corrected chi connectivity index (χ1v) is 10.1. The Bertz CT molecular complexity index is 956. The molecule has 1 heterocycles. The largest absolute Gasteiger partial charge is 0.481 e. The molecule has 1 atom stereocenters. The van der Waals surface area contributed by atoms with Gasteiger partial charge >= 0.3 is 12.1 Å². The number of hydrogen-bond acceptors (Lipinski definition) is 5. The quantitative estimate of drug-likeness (QED) is 0.705. The van der Waals surface area contributed by atoms with E-state index in [1.807, 2.05) is 36.4 Å². The number of carboxylic acids is 1. The molecular formula is C23H24N2O6. The number of benzene rings is 2. The van der Waals surface area contributed by atoms with Crippen molar-refractivity contribution in [2.45, 2.75) is 12.0 Å². The van der Waals surface area contributed by atoms with Crippen LogP contribution in [0, 0.1) is 5.92 Å². The molecule has 2 aromatic carbocycles. The topological polar surface area (TPSA) is 105 Å². The number of ether oxygens (including phenoxy) is 2. The first-order valence-electron chi connectivity index (χ1n) is 10.1. The van der Waals surface area contributed by atoms with Crippen LogP contribution in [-0.2, 0) is 19.1 Å². The monoisotopic (exact) mass is 424 g/mol. The smallest absolute Gasteiger partial charge is 0.407 e. The van der Waals surface area contributed by atoms with E-state index in [1.54, 1.807) is 0 Å². The molecule has 1 aliphatic heterocycles. The lowest BCUT2D eigenvalue weighted by Crippen LogP contribution is -2.57. The third-order valence-corrected chi connectivity index (χ3v) is 5.88. The summed E-state index contributed by atoms with van der Waals surface area (Å²) in [4.78, 5) is 37.0. The van der Waals surface area contributed by atoms with E-state index in [-0.39, 0.29) is 38.1 Å². The predicted molar refractivity (Wildman–Crippen MR) is 112 cm³/mol. The van der Waals surface area contributed by atoms with Gasteiger partial charge in [0.1, 0.15) is 6.61 Å². The van der Waals surface area contributed by atoms with Crippen LogP contribution in [0.1, 0.15) is 17.0 Å². The Hall–Kier alpha value is -3.39. The van der Waals surface area contributed by atoms with E-state index in [0.717, 1.165) is 22.3 Å². The van der Waals surface area contributed by atoms with Gasteiger partial charge in [0.15, 0.2) is 6.10 Å². The standard InChI is InChI=1S/C23H24N2O6/c1-30-20(21(26)25-11-14(12-25)22(27)28)10-24-23(29)31-13-19-17-8-4-2-6-15(17)16-7-3-5-9-18(16)19/h2-9,14,19-20H,10-13H2,1H3,(H,24,29)(H,27,28). The van der Waals surface area contributed by atoms with Crippen molar-refractivity contribution in [2.75, 3.05) is 33.4 Å². The molecule has 0 spiro atoms. The zero-order chi connectivity index (χ0) is 22.0. The van der Waals surface area contributed by atoms with E-state index < -0.39 is 24.1 Å². The zero-order valence-corrected chi connectivity index (χ0v) is 17.1. The molecule has 0 bridgehead atoms. The highest BCUT2D eigenvalue weighted by Gasteiger charge is 2.38. The van der Waals surface area contributed by atoms with Gasteiger partial charge in [-0.05, 0) is 22.3 Å². The number of aliphatic carboxylic acids is 1. The molecular weight excluding hydrogens is 400 g/mol. The number of methoxy groups -OCH3 is 1. The summed E-state index contributed by atoms with van der Waals surface area (Å²) in [7, 11) is 1.37. The number of amides is 2. The molecule has 2 amide bonds. The third-order valence-electron chi connectivity index (χ3n) is 5.88. The SMILES string of the molecule is COC(CNC(=O)OCC1c2ccccc2-c2ccccc21)C(=O)N1CC(C(=O)O)C1. The molecule has 8 heteroatoms. The van der Waals surface area contributed by atoms with Crippen LogP contribution >= 0.6 is 0 Å². The van der Waals surface area contributed by atoms with Crippen molar-refractivity contribution in [3.05, 3.63) is 59.7 Å². The minimum absolute atomic E-state index is 0.0490. The molecule has 0 radical (unpaired) electrons. The molecule has 2 aliphatic rings. The lowest BCUT2D eigenvalue weighted by atomic mass is 9.98. The van der Waals surface area contributed by atoms with Crippen LogP contribution in [0.3, 0.4) is 0 Å². The summed E-state index contributed by atoms with van der Waals surface area (Å²) in [6, 6.07) is 16.1. The number of hydrogen-bond donors (Lipinski definition) is 2. The van der Waals surface area contributed by atoms with Crippen LogP contribution < -0.4 is 5.32 Å². The second kappa shape index (κ2) is 8.77. The number of alkyl carbamates (subject to hydrolysis) is 1. The maximum absolute atomic E-state index is 12.4. The Morgan fingerprint density at radius 1 is 1.06 bits per heavy atom. The minimum atomic E-state index is -0.922. The van der Waals surface area contributed by atoms with Crippen LogP contribution in [0.25, 0.3) is 11.1 Å². The van der Waals surface area contributed by atoms with Crippen molar-refractivity contribution in [2.24, 2.45) is 5.92 Å². The molecule has 162 valence electrons. The zero-order valence-electron chi connectivity index (χ0n) is 17.1. The normalized spacial score (nSPS) is 16.1. The van der Waals surface area contributed by atoms with E-state index in [0.29, 0.717) is 0 Å². The summed E-state index contributed by atoms with van der Waals surface area (Å²) in [6.45, 7) is 0.427. The summed E-state index contributed by atoms with van der Waals surface area (Å²) >= 11 is 0. The fraction of sp³-hybridized carbons (Fsp3) is 0.348. The highest BCUT2D eigenvalue weighted by molar-refractivity contribution is 5.85. The van der Waals surface area contributed by atoms with Crippen molar-refractivity contribution in [3.63, 3.8) is 0 Å². The molecule has 4 rings (SSSR count). The van der Waals surface area contributed by atoms with Gasteiger partial charge in [0.25, 0.3) is 5.91 Å². The molecule has 0 aromatic heterocycles. The van der Waals surface area contributed by atoms with Crippen molar-refractivity contribution < 1.29 is 29.0 Å². The van der Waals surface area contributed by atoms with Gasteiger partial charge in [0.2, 0.25) is 0 Å². The second-order valence-electron chi connectivity index (χ2n) is 7.71. The van der Waals surface area contributed by atoms with Crippen molar-refractivity contribution in [1.82, 2.24) is 10.2 Å². The van der Waals surface area contributed by atoms with E-state index >= 15 is 0 Å². The average molecular weight is 424 g/mol.